The van der Waals surface area contributed by atoms with E-state index in [1.54, 1.807) is 25.3 Å². The van der Waals surface area contributed by atoms with E-state index in [4.69, 9.17) is 21.1 Å². The Morgan fingerprint density at radius 2 is 2.29 bits per heavy atom. The molecule has 0 heterocycles. The zero-order valence-corrected chi connectivity index (χ0v) is 11.7. The number of nitrogens with one attached hydrogen (secondary N) is 1. The molecule has 0 saturated carbocycles. The average molecular weight is 323 g/mol. The molecule has 0 atom stereocenters. The molecular formula is C11H13BrClNO3. The number of hydrogen-bond donors (Lipinski definition) is 1. The summed E-state index contributed by atoms with van der Waals surface area (Å²) in [6, 6.07) is 5.11. The minimum atomic E-state index is -0.191. The predicted octanol–water partition coefficient (Wildman–Crippen LogP) is 2.24. The van der Waals surface area contributed by atoms with Gasteiger partial charge < -0.3 is 14.8 Å². The van der Waals surface area contributed by atoms with Gasteiger partial charge in [-0.2, -0.15) is 0 Å². The first-order valence-corrected chi connectivity index (χ1v) is 6.14. The van der Waals surface area contributed by atoms with Crippen LogP contribution >= 0.6 is 27.5 Å². The lowest BCUT2D eigenvalue weighted by Gasteiger charge is -2.08. The lowest BCUT2D eigenvalue weighted by Crippen LogP contribution is -2.31. The number of rotatable bonds is 6. The van der Waals surface area contributed by atoms with Crippen LogP contribution in [0.25, 0.3) is 0 Å². The molecule has 0 bridgehead atoms. The number of hydrogen-bond acceptors (Lipinski definition) is 3. The van der Waals surface area contributed by atoms with Crippen LogP contribution in [-0.2, 0) is 9.53 Å². The van der Waals surface area contributed by atoms with Gasteiger partial charge in [-0.05, 0) is 34.1 Å². The molecule has 17 heavy (non-hydrogen) atoms. The first-order chi connectivity index (χ1) is 8.13. The third-order valence-corrected chi connectivity index (χ3v) is 2.74. The Balaban J connectivity index is 2.37. The molecule has 1 amide bonds. The van der Waals surface area contributed by atoms with Crippen LogP contribution < -0.4 is 10.1 Å². The van der Waals surface area contributed by atoms with Gasteiger partial charge >= 0.3 is 0 Å². The summed E-state index contributed by atoms with van der Waals surface area (Å²) in [5, 5.41) is 3.26. The van der Waals surface area contributed by atoms with Crippen LogP contribution in [-0.4, -0.2) is 32.8 Å². The number of carbonyl (C=O) groups excluding carboxylic acids is 1. The molecule has 0 saturated heterocycles. The third kappa shape index (κ3) is 5.39. The Labute approximate surface area is 113 Å². The Hall–Kier alpha value is -0.780. The van der Waals surface area contributed by atoms with Gasteiger partial charge in [0, 0.05) is 18.7 Å². The van der Waals surface area contributed by atoms with E-state index in [1.165, 1.54) is 0 Å². The van der Waals surface area contributed by atoms with E-state index in [9.17, 15) is 4.79 Å². The van der Waals surface area contributed by atoms with Crippen LogP contribution in [0.1, 0.15) is 0 Å². The van der Waals surface area contributed by atoms with Crippen molar-refractivity contribution in [2.75, 3.05) is 26.9 Å². The first-order valence-electron chi connectivity index (χ1n) is 4.97. The van der Waals surface area contributed by atoms with Crippen LogP contribution in [0.15, 0.2) is 22.7 Å². The van der Waals surface area contributed by atoms with E-state index < -0.39 is 0 Å². The van der Waals surface area contributed by atoms with Crippen LogP contribution in [0.5, 0.6) is 5.75 Å². The van der Waals surface area contributed by atoms with Gasteiger partial charge in [0.2, 0.25) is 0 Å². The molecular weight excluding hydrogens is 309 g/mol. The summed E-state index contributed by atoms with van der Waals surface area (Å²) in [6.07, 6.45) is 0. The molecule has 0 aliphatic rings. The van der Waals surface area contributed by atoms with Crippen molar-refractivity contribution in [3.8, 4) is 5.75 Å². The minimum absolute atomic E-state index is 0.0378. The standard InChI is InChI=1S/C11H13BrClNO3/c1-16-5-4-14-11(15)7-17-10-3-2-8(13)6-9(10)12/h2-3,6H,4-5,7H2,1H3,(H,14,15). The number of halogens is 2. The van der Waals surface area contributed by atoms with Crippen molar-refractivity contribution in [3.63, 3.8) is 0 Å². The van der Waals surface area contributed by atoms with Crippen molar-refractivity contribution in [2.24, 2.45) is 0 Å². The molecule has 6 heteroatoms. The van der Waals surface area contributed by atoms with E-state index in [0.29, 0.717) is 23.9 Å². The van der Waals surface area contributed by atoms with E-state index in [2.05, 4.69) is 21.2 Å². The molecule has 1 aromatic carbocycles. The molecule has 0 aromatic heterocycles. The first kappa shape index (κ1) is 14.3. The van der Waals surface area contributed by atoms with Gasteiger partial charge in [0.05, 0.1) is 11.1 Å². The number of methoxy groups -OCH3 is 1. The fourth-order valence-electron chi connectivity index (χ4n) is 1.08. The third-order valence-electron chi connectivity index (χ3n) is 1.88. The van der Waals surface area contributed by atoms with Crippen molar-refractivity contribution in [2.45, 2.75) is 0 Å². The molecule has 1 rings (SSSR count). The predicted molar refractivity (Wildman–Crippen MR) is 69.5 cm³/mol. The molecule has 1 aromatic rings. The van der Waals surface area contributed by atoms with Gasteiger partial charge in [-0.3, -0.25) is 4.79 Å². The van der Waals surface area contributed by atoms with Gasteiger partial charge in [0.15, 0.2) is 6.61 Å². The summed E-state index contributed by atoms with van der Waals surface area (Å²) in [5.74, 6) is 0.389. The van der Waals surface area contributed by atoms with Crippen LogP contribution in [0.2, 0.25) is 5.02 Å². The van der Waals surface area contributed by atoms with Gasteiger partial charge in [-0.15, -0.1) is 0 Å². The van der Waals surface area contributed by atoms with Crippen LogP contribution in [0, 0.1) is 0 Å². The Kier molecular flexibility index (Phi) is 6.32. The molecule has 0 unspecified atom stereocenters. The van der Waals surface area contributed by atoms with Crippen molar-refractivity contribution in [1.82, 2.24) is 5.32 Å². The maximum Gasteiger partial charge on any atom is 0.258 e. The normalized spacial score (nSPS) is 10.1. The van der Waals surface area contributed by atoms with Gasteiger partial charge in [-0.1, -0.05) is 11.6 Å². The second-order valence-electron chi connectivity index (χ2n) is 3.21. The number of carbonyl (C=O) groups is 1. The van der Waals surface area contributed by atoms with Gasteiger partial charge in [0.1, 0.15) is 5.75 Å². The summed E-state index contributed by atoms with van der Waals surface area (Å²) >= 11 is 9.09. The second kappa shape index (κ2) is 7.53. The SMILES string of the molecule is COCCNC(=O)COc1ccc(Cl)cc1Br. The second-order valence-corrected chi connectivity index (χ2v) is 4.50. The Bertz CT molecular complexity index is 387. The van der Waals surface area contributed by atoms with Crippen molar-refractivity contribution < 1.29 is 14.3 Å². The van der Waals surface area contributed by atoms with Crippen molar-refractivity contribution in [3.05, 3.63) is 27.7 Å². The molecule has 94 valence electrons. The summed E-state index contributed by atoms with van der Waals surface area (Å²) in [6.45, 7) is 0.917. The molecule has 1 N–H and O–H groups in total. The molecule has 0 aliphatic carbocycles. The fraction of sp³-hybridized carbons (Fsp3) is 0.364. The van der Waals surface area contributed by atoms with E-state index in [0.717, 1.165) is 4.47 Å². The quantitative estimate of drug-likeness (QED) is 0.817. The highest BCUT2D eigenvalue weighted by molar-refractivity contribution is 9.10. The number of benzene rings is 1. The fourth-order valence-corrected chi connectivity index (χ4v) is 1.88. The zero-order valence-electron chi connectivity index (χ0n) is 9.33. The lowest BCUT2D eigenvalue weighted by atomic mass is 10.3. The Morgan fingerprint density at radius 3 is 2.94 bits per heavy atom. The van der Waals surface area contributed by atoms with Gasteiger partial charge in [0.25, 0.3) is 5.91 Å². The summed E-state index contributed by atoms with van der Waals surface area (Å²) in [7, 11) is 1.58. The number of ether oxygens (including phenoxy) is 2. The maximum atomic E-state index is 11.3. The largest absolute Gasteiger partial charge is 0.483 e. The Morgan fingerprint density at radius 1 is 1.53 bits per heavy atom. The van der Waals surface area contributed by atoms with Crippen LogP contribution in [0.3, 0.4) is 0 Å². The van der Waals surface area contributed by atoms with Crippen LogP contribution in [0.4, 0.5) is 0 Å². The van der Waals surface area contributed by atoms with E-state index in [-0.39, 0.29) is 12.5 Å². The average Bonchev–Trinajstić information content (AvgIpc) is 2.28. The molecule has 0 spiro atoms. The summed E-state index contributed by atoms with van der Waals surface area (Å²) < 4.78 is 10.9. The summed E-state index contributed by atoms with van der Waals surface area (Å²) in [5.41, 5.74) is 0. The molecule has 4 nitrogen and oxygen atoms in total. The molecule has 0 aliphatic heterocycles. The molecule has 0 fully saturated rings. The van der Waals surface area contributed by atoms with Gasteiger partial charge in [-0.25, -0.2) is 0 Å². The monoisotopic (exact) mass is 321 g/mol. The summed E-state index contributed by atoms with van der Waals surface area (Å²) in [4.78, 5) is 11.3. The smallest absolute Gasteiger partial charge is 0.258 e. The van der Waals surface area contributed by atoms with Crippen molar-refractivity contribution >= 4 is 33.4 Å². The molecule has 0 radical (unpaired) electrons. The lowest BCUT2D eigenvalue weighted by molar-refractivity contribution is -0.123. The topological polar surface area (TPSA) is 47.6 Å². The highest BCUT2D eigenvalue weighted by Crippen LogP contribution is 2.27. The zero-order chi connectivity index (χ0) is 12.7. The highest BCUT2D eigenvalue weighted by Gasteiger charge is 2.05. The minimum Gasteiger partial charge on any atom is -0.483 e. The highest BCUT2D eigenvalue weighted by atomic mass is 79.9. The van der Waals surface area contributed by atoms with Crippen molar-refractivity contribution in [1.29, 1.82) is 0 Å². The van der Waals surface area contributed by atoms with E-state index >= 15 is 0 Å². The maximum absolute atomic E-state index is 11.3. The number of amides is 1. The van der Waals surface area contributed by atoms with E-state index in [1.807, 2.05) is 0 Å².